The van der Waals surface area contributed by atoms with Crippen molar-refractivity contribution in [1.29, 1.82) is 0 Å². The highest BCUT2D eigenvalue weighted by Gasteiger charge is 2.14. The third-order valence-corrected chi connectivity index (χ3v) is 5.15. The van der Waals surface area contributed by atoms with E-state index in [0.29, 0.717) is 12.5 Å². The summed E-state index contributed by atoms with van der Waals surface area (Å²) in [5, 5.41) is 0. The molecule has 2 aromatic carbocycles. The molecular weight excluding hydrogens is 322 g/mol. The number of carbonyl (C=O) groups is 1. The van der Waals surface area contributed by atoms with Gasteiger partial charge in [-0.05, 0) is 35.6 Å². The standard InChI is InChI=1S/C22H27N3O/c1-5-16(2)19-12-10-18(11-13-19)14-25-21-9-7-6-8-20(21)23-22(25)15-24(4)17(3)26/h6-13,16H,5,14-15H2,1-4H3. The molecule has 0 aliphatic carbocycles. The number of hydrogen-bond donors (Lipinski definition) is 0. The van der Waals surface area contributed by atoms with Crippen molar-refractivity contribution in [2.24, 2.45) is 0 Å². The minimum absolute atomic E-state index is 0.0431. The van der Waals surface area contributed by atoms with Crippen molar-refractivity contribution < 1.29 is 4.79 Å². The number of benzene rings is 2. The lowest BCUT2D eigenvalue weighted by molar-refractivity contribution is -0.128. The predicted octanol–water partition coefficient (Wildman–Crippen LogP) is 4.58. The summed E-state index contributed by atoms with van der Waals surface area (Å²) in [6.07, 6.45) is 1.15. The van der Waals surface area contributed by atoms with E-state index in [9.17, 15) is 4.79 Å². The van der Waals surface area contributed by atoms with E-state index >= 15 is 0 Å². The Labute approximate surface area is 155 Å². The van der Waals surface area contributed by atoms with Crippen molar-refractivity contribution >= 4 is 16.9 Å². The SMILES string of the molecule is CCC(C)c1ccc(Cn2c(CN(C)C(C)=O)nc3ccccc32)cc1. The van der Waals surface area contributed by atoms with Gasteiger partial charge in [-0.2, -0.15) is 0 Å². The summed E-state index contributed by atoms with van der Waals surface area (Å²) in [5.74, 6) is 1.54. The molecule has 4 heteroatoms. The quantitative estimate of drug-likeness (QED) is 0.653. The minimum atomic E-state index is 0.0431. The van der Waals surface area contributed by atoms with Gasteiger partial charge >= 0.3 is 0 Å². The molecule has 0 bridgehead atoms. The highest BCUT2D eigenvalue weighted by molar-refractivity contribution is 5.76. The summed E-state index contributed by atoms with van der Waals surface area (Å²) in [5.41, 5.74) is 4.69. The summed E-state index contributed by atoms with van der Waals surface area (Å²) in [6, 6.07) is 17.0. The van der Waals surface area contributed by atoms with E-state index in [1.54, 1.807) is 11.8 Å². The summed E-state index contributed by atoms with van der Waals surface area (Å²) in [6.45, 7) is 7.32. The van der Waals surface area contributed by atoms with Crippen LogP contribution in [-0.4, -0.2) is 27.4 Å². The summed E-state index contributed by atoms with van der Waals surface area (Å²) in [4.78, 5) is 18.1. The lowest BCUT2D eigenvalue weighted by Crippen LogP contribution is -2.25. The van der Waals surface area contributed by atoms with Gasteiger partial charge in [-0.1, -0.05) is 50.2 Å². The van der Waals surface area contributed by atoms with E-state index in [-0.39, 0.29) is 5.91 Å². The molecule has 3 aromatic rings. The van der Waals surface area contributed by atoms with Gasteiger partial charge in [0.1, 0.15) is 5.82 Å². The van der Waals surface area contributed by atoms with Crippen LogP contribution in [0.2, 0.25) is 0 Å². The Kier molecular flexibility index (Phi) is 5.40. The number of nitrogens with zero attached hydrogens (tertiary/aromatic N) is 3. The average molecular weight is 349 g/mol. The van der Waals surface area contributed by atoms with E-state index in [4.69, 9.17) is 4.98 Å². The molecule has 1 amide bonds. The molecule has 3 rings (SSSR count). The van der Waals surface area contributed by atoms with Gasteiger partial charge in [-0.25, -0.2) is 4.98 Å². The second kappa shape index (κ2) is 7.73. The highest BCUT2D eigenvalue weighted by atomic mass is 16.2. The van der Waals surface area contributed by atoms with E-state index < -0.39 is 0 Å². The first-order valence-electron chi connectivity index (χ1n) is 9.24. The van der Waals surface area contributed by atoms with Gasteiger partial charge in [0.05, 0.1) is 17.6 Å². The summed E-state index contributed by atoms with van der Waals surface area (Å²) < 4.78 is 2.22. The Morgan fingerprint density at radius 2 is 1.85 bits per heavy atom. The lowest BCUT2D eigenvalue weighted by Gasteiger charge is -2.16. The Hall–Kier alpha value is -2.62. The molecule has 0 aliphatic heterocycles. The average Bonchev–Trinajstić information content (AvgIpc) is 2.99. The molecule has 4 nitrogen and oxygen atoms in total. The van der Waals surface area contributed by atoms with E-state index in [2.05, 4.69) is 48.7 Å². The van der Waals surface area contributed by atoms with Crippen molar-refractivity contribution in [3.63, 3.8) is 0 Å². The van der Waals surface area contributed by atoms with Crippen LogP contribution in [0.1, 0.15) is 50.1 Å². The summed E-state index contributed by atoms with van der Waals surface area (Å²) in [7, 11) is 1.81. The van der Waals surface area contributed by atoms with Crippen LogP contribution in [0, 0.1) is 0 Å². The zero-order valence-electron chi connectivity index (χ0n) is 16.1. The molecule has 0 radical (unpaired) electrons. The number of fused-ring (bicyclic) bond motifs is 1. The van der Waals surface area contributed by atoms with Gasteiger partial charge in [0.15, 0.2) is 0 Å². The maximum absolute atomic E-state index is 11.7. The number of imidazole rings is 1. The predicted molar refractivity (Wildman–Crippen MR) is 106 cm³/mol. The molecule has 0 saturated heterocycles. The van der Waals surface area contributed by atoms with Crippen molar-refractivity contribution in [3.05, 3.63) is 65.5 Å². The van der Waals surface area contributed by atoms with Crippen LogP contribution in [-0.2, 0) is 17.9 Å². The fourth-order valence-corrected chi connectivity index (χ4v) is 3.12. The molecule has 0 saturated carbocycles. The van der Waals surface area contributed by atoms with Gasteiger partial charge in [-0.15, -0.1) is 0 Å². The number of rotatable bonds is 6. The number of para-hydroxylation sites is 2. The smallest absolute Gasteiger partial charge is 0.219 e. The Morgan fingerprint density at radius 1 is 1.15 bits per heavy atom. The van der Waals surface area contributed by atoms with Crippen molar-refractivity contribution in [2.45, 2.75) is 46.2 Å². The molecular formula is C22H27N3O. The van der Waals surface area contributed by atoms with E-state index in [1.807, 2.05) is 25.2 Å². The third kappa shape index (κ3) is 3.79. The normalized spacial score (nSPS) is 12.3. The van der Waals surface area contributed by atoms with Gasteiger partial charge < -0.3 is 9.47 Å². The van der Waals surface area contributed by atoms with E-state index in [0.717, 1.165) is 29.8 Å². The first-order chi connectivity index (χ1) is 12.5. The zero-order chi connectivity index (χ0) is 18.7. The van der Waals surface area contributed by atoms with Crippen molar-refractivity contribution in [2.75, 3.05) is 7.05 Å². The molecule has 1 atom stereocenters. The van der Waals surface area contributed by atoms with E-state index in [1.165, 1.54) is 11.1 Å². The van der Waals surface area contributed by atoms with Crippen molar-refractivity contribution in [1.82, 2.24) is 14.5 Å². The number of hydrogen-bond acceptors (Lipinski definition) is 2. The Balaban J connectivity index is 1.94. The molecule has 0 N–H and O–H groups in total. The van der Waals surface area contributed by atoms with Crippen molar-refractivity contribution in [3.8, 4) is 0 Å². The molecule has 1 heterocycles. The molecule has 0 fully saturated rings. The minimum Gasteiger partial charge on any atom is -0.339 e. The number of aromatic nitrogens is 2. The third-order valence-electron chi connectivity index (χ3n) is 5.15. The second-order valence-corrected chi connectivity index (χ2v) is 7.03. The molecule has 0 spiro atoms. The maximum Gasteiger partial charge on any atom is 0.219 e. The highest BCUT2D eigenvalue weighted by Crippen LogP contribution is 2.22. The van der Waals surface area contributed by atoms with Crippen LogP contribution in [0.5, 0.6) is 0 Å². The van der Waals surface area contributed by atoms with Crippen LogP contribution < -0.4 is 0 Å². The number of carbonyl (C=O) groups excluding carboxylic acids is 1. The first-order valence-corrected chi connectivity index (χ1v) is 9.24. The number of amides is 1. The van der Waals surface area contributed by atoms with Gasteiger partial charge in [0.2, 0.25) is 5.91 Å². The monoisotopic (exact) mass is 349 g/mol. The van der Waals surface area contributed by atoms with Crippen LogP contribution in [0.25, 0.3) is 11.0 Å². The van der Waals surface area contributed by atoms with Crippen LogP contribution in [0.3, 0.4) is 0 Å². The lowest BCUT2D eigenvalue weighted by atomic mass is 9.98. The second-order valence-electron chi connectivity index (χ2n) is 7.03. The van der Waals surface area contributed by atoms with Gasteiger partial charge in [0, 0.05) is 20.5 Å². The van der Waals surface area contributed by atoms with Gasteiger partial charge in [0.25, 0.3) is 0 Å². The maximum atomic E-state index is 11.7. The molecule has 1 aromatic heterocycles. The van der Waals surface area contributed by atoms with Crippen LogP contribution >= 0.6 is 0 Å². The molecule has 136 valence electrons. The Morgan fingerprint density at radius 3 is 2.50 bits per heavy atom. The topological polar surface area (TPSA) is 38.1 Å². The largest absolute Gasteiger partial charge is 0.339 e. The molecule has 26 heavy (non-hydrogen) atoms. The fraction of sp³-hybridized carbons (Fsp3) is 0.364. The fourth-order valence-electron chi connectivity index (χ4n) is 3.12. The summed E-state index contributed by atoms with van der Waals surface area (Å²) >= 11 is 0. The molecule has 0 aliphatic rings. The zero-order valence-corrected chi connectivity index (χ0v) is 16.1. The Bertz CT molecular complexity index is 895. The van der Waals surface area contributed by atoms with Gasteiger partial charge in [-0.3, -0.25) is 4.79 Å². The molecule has 1 unspecified atom stereocenters. The van der Waals surface area contributed by atoms with Crippen LogP contribution in [0.4, 0.5) is 0 Å². The first kappa shape index (κ1) is 18.2. The van der Waals surface area contributed by atoms with Crippen LogP contribution in [0.15, 0.2) is 48.5 Å².